The number of rotatable bonds is 8. The van der Waals surface area contributed by atoms with Crippen LogP contribution >= 0.6 is 0 Å². The summed E-state index contributed by atoms with van der Waals surface area (Å²) < 4.78 is 5.24. The van der Waals surface area contributed by atoms with Gasteiger partial charge in [0.1, 0.15) is 23.9 Å². The Labute approximate surface area is 207 Å². The molecule has 0 radical (unpaired) electrons. The highest BCUT2D eigenvalue weighted by Gasteiger charge is 2.35. The second-order valence-electron chi connectivity index (χ2n) is 9.67. The van der Waals surface area contributed by atoms with Crippen LogP contribution in [0.1, 0.15) is 63.8 Å². The molecule has 35 heavy (non-hydrogen) atoms. The van der Waals surface area contributed by atoms with Crippen LogP contribution in [-0.2, 0) is 14.3 Å². The number of phenols is 1. The van der Waals surface area contributed by atoms with Crippen LogP contribution in [0.3, 0.4) is 0 Å². The molecule has 2 aromatic rings. The second-order valence-corrected chi connectivity index (χ2v) is 9.67. The van der Waals surface area contributed by atoms with E-state index in [9.17, 15) is 19.5 Å². The molecule has 2 rings (SSSR count). The number of nitrogens with zero attached hydrogens (tertiary/aromatic N) is 1. The molecule has 0 aliphatic heterocycles. The van der Waals surface area contributed by atoms with E-state index in [4.69, 9.17) is 4.74 Å². The van der Waals surface area contributed by atoms with E-state index < -0.39 is 29.6 Å². The zero-order valence-electron chi connectivity index (χ0n) is 21.6. The predicted molar refractivity (Wildman–Crippen MR) is 136 cm³/mol. The number of alkyl carbamates (subject to hydrolysis) is 1. The number of hydrogen-bond acceptors (Lipinski definition) is 5. The van der Waals surface area contributed by atoms with Gasteiger partial charge < -0.3 is 25.4 Å². The molecule has 0 bridgehead atoms. The molecule has 8 heteroatoms. The lowest BCUT2D eigenvalue weighted by Gasteiger charge is -2.36. The van der Waals surface area contributed by atoms with Gasteiger partial charge in [-0.05, 0) is 76.8 Å². The Morgan fingerprint density at radius 1 is 1.06 bits per heavy atom. The number of aromatic hydroxyl groups is 1. The third-order valence-electron chi connectivity index (χ3n) is 5.58. The van der Waals surface area contributed by atoms with Crippen LogP contribution in [0.25, 0.3) is 0 Å². The molecule has 0 saturated heterocycles. The Bertz CT molecular complexity index is 1040. The van der Waals surface area contributed by atoms with Gasteiger partial charge in [-0.15, -0.1) is 0 Å². The minimum atomic E-state index is -1.04. The smallest absolute Gasteiger partial charge is 0.408 e. The first-order valence-electron chi connectivity index (χ1n) is 11.8. The highest BCUT2D eigenvalue weighted by molar-refractivity contribution is 5.99. The lowest BCUT2D eigenvalue weighted by Crippen LogP contribution is -2.50. The van der Waals surface area contributed by atoms with Crippen molar-refractivity contribution in [3.05, 3.63) is 59.2 Å². The molecule has 2 unspecified atom stereocenters. The number of amides is 3. The summed E-state index contributed by atoms with van der Waals surface area (Å²) in [4.78, 5) is 40.7. The fraction of sp³-hybridized carbons (Fsp3) is 0.444. The first kappa shape index (κ1) is 27.7. The average molecular weight is 484 g/mol. The Balaban J connectivity index is 2.44. The Morgan fingerprint density at radius 3 is 2.20 bits per heavy atom. The standard InChI is InChI=1S/C27H37N3O5/c1-8-19(4)30(22(32)16-28-26(34)35-27(5,6)7)24(20-13-10-14-21(31)15-20)25(33)29-23-17(2)11-9-12-18(23)3/h9-15,19,24,31H,8,16H2,1-7H3,(H,28,34)(H,29,33). The zero-order chi connectivity index (χ0) is 26.3. The number of nitrogens with one attached hydrogen (secondary N) is 2. The highest BCUT2D eigenvalue weighted by atomic mass is 16.6. The number of benzene rings is 2. The first-order valence-corrected chi connectivity index (χ1v) is 11.8. The summed E-state index contributed by atoms with van der Waals surface area (Å²) in [6.07, 6.45) is -0.145. The summed E-state index contributed by atoms with van der Waals surface area (Å²) in [5.41, 5.74) is 2.20. The maximum atomic E-state index is 13.7. The van der Waals surface area contributed by atoms with Crippen molar-refractivity contribution in [2.45, 2.75) is 72.6 Å². The van der Waals surface area contributed by atoms with Gasteiger partial charge in [0.25, 0.3) is 5.91 Å². The lowest BCUT2D eigenvalue weighted by atomic mass is 10.00. The maximum absolute atomic E-state index is 13.7. The van der Waals surface area contributed by atoms with Crippen molar-refractivity contribution in [3.63, 3.8) is 0 Å². The molecule has 2 atom stereocenters. The van der Waals surface area contributed by atoms with Crippen LogP contribution in [0.5, 0.6) is 5.75 Å². The van der Waals surface area contributed by atoms with E-state index in [0.29, 0.717) is 17.7 Å². The van der Waals surface area contributed by atoms with Crippen molar-refractivity contribution in [1.29, 1.82) is 0 Å². The van der Waals surface area contributed by atoms with Crippen molar-refractivity contribution in [3.8, 4) is 5.75 Å². The van der Waals surface area contributed by atoms with E-state index in [2.05, 4.69) is 10.6 Å². The molecule has 2 aromatic carbocycles. The molecule has 3 N–H and O–H groups in total. The van der Waals surface area contributed by atoms with Gasteiger partial charge in [-0.3, -0.25) is 9.59 Å². The van der Waals surface area contributed by atoms with Crippen molar-refractivity contribution >= 4 is 23.6 Å². The van der Waals surface area contributed by atoms with Gasteiger partial charge >= 0.3 is 6.09 Å². The van der Waals surface area contributed by atoms with Gasteiger partial charge in [-0.1, -0.05) is 37.3 Å². The van der Waals surface area contributed by atoms with Crippen LogP contribution < -0.4 is 10.6 Å². The van der Waals surface area contributed by atoms with E-state index in [0.717, 1.165) is 11.1 Å². The van der Waals surface area contributed by atoms with Crippen LogP contribution in [0, 0.1) is 13.8 Å². The first-order chi connectivity index (χ1) is 16.3. The number of carbonyl (C=O) groups is 3. The van der Waals surface area contributed by atoms with Crippen molar-refractivity contribution in [2.75, 3.05) is 11.9 Å². The van der Waals surface area contributed by atoms with Gasteiger partial charge in [0.2, 0.25) is 5.91 Å². The van der Waals surface area contributed by atoms with E-state index in [1.54, 1.807) is 32.9 Å². The number of anilines is 1. The van der Waals surface area contributed by atoms with Crippen molar-refractivity contribution in [2.24, 2.45) is 0 Å². The minimum absolute atomic E-state index is 0.0178. The Kier molecular flexibility index (Phi) is 9.28. The summed E-state index contributed by atoms with van der Waals surface area (Å²) >= 11 is 0. The Morgan fingerprint density at radius 2 is 1.66 bits per heavy atom. The second kappa shape index (κ2) is 11.7. The third-order valence-corrected chi connectivity index (χ3v) is 5.58. The largest absolute Gasteiger partial charge is 0.508 e. The number of aryl methyl sites for hydroxylation is 2. The Hall–Kier alpha value is -3.55. The van der Waals surface area contributed by atoms with Crippen molar-refractivity contribution < 1.29 is 24.2 Å². The van der Waals surface area contributed by atoms with E-state index in [1.807, 2.05) is 45.9 Å². The van der Waals surface area contributed by atoms with Gasteiger partial charge in [-0.2, -0.15) is 0 Å². The SMILES string of the molecule is CCC(C)N(C(=O)CNC(=O)OC(C)(C)C)C(C(=O)Nc1c(C)cccc1C)c1cccc(O)c1. The molecule has 0 aliphatic rings. The molecular weight excluding hydrogens is 446 g/mol. The zero-order valence-corrected chi connectivity index (χ0v) is 21.6. The molecule has 0 spiro atoms. The number of ether oxygens (including phenoxy) is 1. The molecule has 0 fully saturated rings. The summed E-state index contributed by atoms with van der Waals surface area (Å²) in [6.45, 7) is 12.4. The number of para-hydroxylation sites is 1. The summed E-state index contributed by atoms with van der Waals surface area (Å²) in [5, 5.41) is 15.6. The molecule has 0 saturated carbocycles. The fourth-order valence-corrected chi connectivity index (χ4v) is 3.73. The number of carbonyl (C=O) groups excluding carboxylic acids is 3. The minimum Gasteiger partial charge on any atom is -0.508 e. The maximum Gasteiger partial charge on any atom is 0.408 e. The van der Waals surface area contributed by atoms with E-state index in [1.165, 1.54) is 17.0 Å². The average Bonchev–Trinajstić information content (AvgIpc) is 2.76. The topological polar surface area (TPSA) is 108 Å². The molecule has 3 amide bonds. The van der Waals surface area contributed by atoms with Gasteiger partial charge in [0.05, 0.1) is 0 Å². The van der Waals surface area contributed by atoms with Crippen LogP contribution in [0.4, 0.5) is 10.5 Å². The van der Waals surface area contributed by atoms with Crippen LogP contribution in [0.2, 0.25) is 0 Å². The quantitative estimate of drug-likeness (QED) is 0.498. The van der Waals surface area contributed by atoms with E-state index >= 15 is 0 Å². The highest BCUT2D eigenvalue weighted by Crippen LogP contribution is 2.30. The molecular formula is C27H37N3O5. The molecule has 0 aliphatic carbocycles. The third kappa shape index (κ3) is 7.73. The van der Waals surface area contributed by atoms with Crippen LogP contribution in [0.15, 0.2) is 42.5 Å². The monoisotopic (exact) mass is 483 g/mol. The number of phenolic OH excluding ortho intramolecular Hbond substituents is 1. The van der Waals surface area contributed by atoms with Crippen molar-refractivity contribution in [1.82, 2.24) is 10.2 Å². The number of hydrogen-bond donors (Lipinski definition) is 3. The normalized spacial score (nSPS) is 12.9. The molecule has 190 valence electrons. The summed E-state index contributed by atoms with van der Waals surface area (Å²) in [5.74, 6) is -0.884. The predicted octanol–water partition coefficient (Wildman–Crippen LogP) is 4.84. The fourth-order valence-electron chi connectivity index (χ4n) is 3.73. The lowest BCUT2D eigenvalue weighted by molar-refractivity contribution is -0.140. The molecule has 0 aromatic heterocycles. The summed E-state index contributed by atoms with van der Waals surface area (Å²) in [6, 6.07) is 10.6. The van der Waals surface area contributed by atoms with Gasteiger partial charge in [0, 0.05) is 11.7 Å². The summed E-state index contributed by atoms with van der Waals surface area (Å²) in [7, 11) is 0. The van der Waals surface area contributed by atoms with E-state index in [-0.39, 0.29) is 18.3 Å². The van der Waals surface area contributed by atoms with Gasteiger partial charge in [-0.25, -0.2) is 4.79 Å². The molecule has 8 nitrogen and oxygen atoms in total. The van der Waals surface area contributed by atoms with Crippen LogP contribution in [-0.4, -0.2) is 46.1 Å². The van der Waals surface area contributed by atoms with Gasteiger partial charge in [0.15, 0.2) is 0 Å². The molecule has 0 heterocycles.